The van der Waals surface area contributed by atoms with Crippen LogP contribution >= 0.6 is 11.6 Å². The highest BCUT2D eigenvalue weighted by Gasteiger charge is 2.13. The number of hydrogen-bond donors (Lipinski definition) is 2. The van der Waals surface area contributed by atoms with Crippen molar-refractivity contribution >= 4 is 28.9 Å². The molecule has 0 aromatic heterocycles. The minimum atomic E-state index is -0.266. The third kappa shape index (κ3) is 6.56. The Bertz CT molecular complexity index is 1040. The molecule has 0 saturated heterocycles. The van der Waals surface area contributed by atoms with Gasteiger partial charge in [0.25, 0.3) is 5.91 Å². The lowest BCUT2D eigenvalue weighted by Crippen LogP contribution is -2.20. The predicted octanol–water partition coefficient (Wildman–Crippen LogP) is 5.69. The molecule has 0 aliphatic carbocycles. The highest BCUT2D eigenvalue weighted by molar-refractivity contribution is 6.31. The van der Waals surface area contributed by atoms with E-state index in [0.29, 0.717) is 35.4 Å². The molecule has 0 atom stereocenters. The fourth-order valence-corrected chi connectivity index (χ4v) is 3.20. The summed E-state index contributed by atoms with van der Waals surface area (Å²) in [5, 5.41) is 6.65. The molecule has 0 spiro atoms. The number of amides is 1. The smallest absolute Gasteiger partial charge is 0.262 e. The first-order valence-electron chi connectivity index (χ1n) is 10.3. The van der Waals surface area contributed by atoms with Crippen molar-refractivity contribution in [1.82, 2.24) is 0 Å². The van der Waals surface area contributed by atoms with Gasteiger partial charge in [0, 0.05) is 29.0 Å². The maximum atomic E-state index is 12.3. The summed E-state index contributed by atoms with van der Waals surface area (Å²) in [6, 6.07) is 18.7. The number of ether oxygens (including phenoxy) is 3. The Morgan fingerprint density at radius 3 is 2.25 bits per heavy atom. The first kappa shape index (κ1) is 23.3. The van der Waals surface area contributed by atoms with E-state index in [1.165, 1.54) is 0 Å². The lowest BCUT2D eigenvalue weighted by atomic mass is 10.2. The summed E-state index contributed by atoms with van der Waals surface area (Å²) < 4.78 is 16.6. The average molecular weight is 455 g/mol. The third-order valence-electron chi connectivity index (χ3n) is 4.68. The molecule has 1 amide bonds. The quantitative estimate of drug-likeness (QED) is 0.412. The zero-order valence-corrected chi connectivity index (χ0v) is 19.2. The topological polar surface area (TPSA) is 68.8 Å². The Labute approximate surface area is 193 Å². The highest BCUT2D eigenvalue weighted by Crippen LogP contribution is 2.34. The van der Waals surface area contributed by atoms with E-state index in [4.69, 9.17) is 25.8 Å². The Balaban J connectivity index is 1.64. The van der Waals surface area contributed by atoms with Gasteiger partial charge in [0.05, 0.1) is 13.7 Å². The average Bonchev–Trinajstić information content (AvgIpc) is 2.80. The van der Waals surface area contributed by atoms with Crippen molar-refractivity contribution in [2.45, 2.75) is 20.4 Å². The van der Waals surface area contributed by atoms with Crippen LogP contribution < -0.4 is 24.8 Å². The van der Waals surface area contributed by atoms with Crippen molar-refractivity contribution in [3.63, 3.8) is 0 Å². The summed E-state index contributed by atoms with van der Waals surface area (Å²) in [5.41, 5.74) is 3.62. The SMILES string of the molecule is CCOc1cc(CNc2ccc(OC)cc2)c(Cl)cc1OCC(=O)Nc1ccc(C)cc1. The predicted molar refractivity (Wildman–Crippen MR) is 128 cm³/mol. The van der Waals surface area contributed by atoms with Gasteiger partial charge in [-0.3, -0.25) is 4.79 Å². The van der Waals surface area contributed by atoms with Crippen molar-refractivity contribution < 1.29 is 19.0 Å². The first-order valence-corrected chi connectivity index (χ1v) is 10.7. The number of aryl methyl sites for hydroxylation is 1. The van der Waals surface area contributed by atoms with Crippen LogP contribution in [0.5, 0.6) is 17.2 Å². The van der Waals surface area contributed by atoms with Gasteiger partial charge >= 0.3 is 0 Å². The number of carbonyl (C=O) groups excluding carboxylic acids is 1. The molecule has 0 unspecified atom stereocenters. The van der Waals surface area contributed by atoms with Crippen LogP contribution in [0.3, 0.4) is 0 Å². The number of benzene rings is 3. The van der Waals surface area contributed by atoms with Crippen LogP contribution in [0.2, 0.25) is 5.02 Å². The molecule has 0 radical (unpaired) electrons. The normalized spacial score (nSPS) is 10.4. The maximum Gasteiger partial charge on any atom is 0.262 e. The molecule has 32 heavy (non-hydrogen) atoms. The molecular weight excluding hydrogens is 428 g/mol. The fraction of sp³-hybridized carbons (Fsp3) is 0.240. The van der Waals surface area contributed by atoms with Gasteiger partial charge in [0.1, 0.15) is 5.75 Å². The van der Waals surface area contributed by atoms with Crippen molar-refractivity contribution in [1.29, 1.82) is 0 Å². The first-order chi connectivity index (χ1) is 15.5. The molecule has 0 aliphatic heterocycles. The number of halogens is 1. The summed E-state index contributed by atoms with van der Waals surface area (Å²) in [6.07, 6.45) is 0. The molecule has 0 saturated carbocycles. The Morgan fingerprint density at radius 2 is 1.59 bits per heavy atom. The number of nitrogens with one attached hydrogen (secondary N) is 2. The van der Waals surface area contributed by atoms with Gasteiger partial charge in [0.2, 0.25) is 0 Å². The zero-order valence-electron chi connectivity index (χ0n) is 18.4. The molecule has 6 nitrogen and oxygen atoms in total. The number of rotatable bonds is 10. The van der Waals surface area contributed by atoms with Crippen molar-refractivity contribution in [2.75, 3.05) is 31.0 Å². The largest absolute Gasteiger partial charge is 0.497 e. The highest BCUT2D eigenvalue weighted by atomic mass is 35.5. The summed E-state index contributed by atoms with van der Waals surface area (Å²) >= 11 is 6.48. The molecule has 168 valence electrons. The number of methoxy groups -OCH3 is 1. The summed E-state index contributed by atoms with van der Waals surface area (Å²) in [5.74, 6) is 1.48. The monoisotopic (exact) mass is 454 g/mol. The van der Waals surface area contributed by atoms with E-state index in [9.17, 15) is 4.79 Å². The number of carbonyl (C=O) groups is 1. The molecule has 0 heterocycles. The second kappa shape index (κ2) is 11.3. The zero-order chi connectivity index (χ0) is 22.9. The number of hydrogen-bond acceptors (Lipinski definition) is 5. The van der Waals surface area contributed by atoms with Crippen molar-refractivity contribution in [3.8, 4) is 17.2 Å². The molecular formula is C25H27ClN2O4. The van der Waals surface area contributed by atoms with E-state index in [1.54, 1.807) is 13.2 Å². The third-order valence-corrected chi connectivity index (χ3v) is 5.03. The van der Waals surface area contributed by atoms with E-state index in [0.717, 1.165) is 22.6 Å². The van der Waals surface area contributed by atoms with Crippen LogP contribution in [0.25, 0.3) is 0 Å². The van der Waals surface area contributed by atoms with Gasteiger partial charge in [-0.15, -0.1) is 0 Å². The Hall–Kier alpha value is -3.38. The van der Waals surface area contributed by atoms with Gasteiger partial charge in [0.15, 0.2) is 18.1 Å². The van der Waals surface area contributed by atoms with E-state index in [-0.39, 0.29) is 12.5 Å². The van der Waals surface area contributed by atoms with Crippen molar-refractivity contribution in [2.24, 2.45) is 0 Å². The van der Waals surface area contributed by atoms with E-state index in [2.05, 4.69) is 10.6 Å². The van der Waals surface area contributed by atoms with Crippen LogP contribution in [0.15, 0.2) is 60.7 Å². The van der Waals surface area contributed by atoms with E-state index in [1.807, 2.05) is 68.4 Å². The second-order valence-corrected chi connectivity index (χ2v) is 7.52. The van der Waals surface area contributed by atoms with Crippen LogP contribution in [0.4, 0.5) is 11.4 Å². The van der Waals surface area contributed by atoms with E-state index >= 15 is 0 Å². The Morgan fingerprint density at radius 1 is 0.938 bits per heavy atom. The van der Waals surface area contributed by atoms with Crippen LogP contribution in [-0.4, -0.2) is 26.2 Å². The summed E-state index contributed by atoms with van der Waals surface area (Å²) in [4.78, 5) is 12.3. The van der Waals surface area contributed by atoms with Gasteiger partial charge in [-0.05, 0) is 61.9 Å². The molecule has 3 aromatic carbocycles. The molecule has 0 bridgehead atoms. The second-order valence-electron chi connectivity index (χ2n) is 7.11. The van der Waals surface area contributed by atoms with Crippen molar-refractivity contribution in [3.05, 3.63) is 76.8 Å². The molecule has 3 aromatic rings. The van der Waals surface area contributed by atoms with Gasteiger partial charge < -0.3 is 24.8 Å². The molecule has 0 fully saturated rings. The van der Waals surface area contributed by atoms with Crippen LogP contribution in [0.1, 0.15) is 18.1 Å². The van der Waals surface area contributed by atoms with Gasteiger partial charge in [-0.1, -0.05) is 29.3 Å². The lowest BCUT2D eigenvalue weighted by molar-refractivity contribution is -0.118. The molecule has 3 rings (SSSR count). The van der Waals surface area contributed by atoms with Crippen LogP contribution in [-0.2, 0) is 11.3 Å². The molecule has 7 heteroatoms. The van der Waals surface area contributed by atoms with Gasteiger partial charge in [-0.2, -0.15) is 0 Å². The Kier molecular flexibility index (Phi) is 8.22. The molecule has 0 aliphatic rings. The lowest BCUT2D eigenvalue weighted by Gasteiger charge is -2.16. The maximum absolute atomic E-state index is 12.3. The summed E-state index contributed by atoms with van der Waals surface area (Å²) in [7, 11) is 1.63. The molecule has 2 N–H and O–H groups in total. The van der Waals surface area contributed by atoms with E-state index < -0.39 is 0 Å². The van der Waals surface area contributed by atoms with Gasteiger partial charge in [-0.25, -0.2) is 0 Å². The summed E-state index contributed by atoms with van der Waals surface area (Å²) in [6.45, 7) is 4.67. The standard InChI is InChI=1S/C25H27ClN2O4/c1-4-31-23-13-18(15-27-19-9-11-21(30-3)12-10-19)22(26)14-24(23)32-16-25(29)28-20-7-5-17(2)6-8-20/h5-14,27H,4,15-16H2,1-3H3,(H,28,29). The van der Waals surface area contributed by atoms with Crippen LogP contribution in [0, 0.1) is 6.92 Å². The fourth-order valence-electron chi connectivity index (χ4n) is 2.98. The number of anilines is 2. The minimum absolute atomic E-state index is 0.159. The minimum Gasteiger partial charge on any atom is -0.497 e.